The summed E-state index contributed by atoms with van der Waals surface area (Å²) < 4.78 is 17.9. The second-order valence-corrected chi connectivity index (χ2v) is 5.07. The van der Waals surface area contributed by atoms with Crippen LogP contribution in [0.1, 0.15) is 31.9 Å². The quantitative estimate of drug-likeness (QED) is 0.713. The lowest BCUT2D eigenvalue weighted by Crippen LogP contribution is -2.40. The molecule has 1 aromatic carbocycles. The minimum atomic E-state index is -0.636. The Balaban J connectivity index is 2.61. The lowest BCUT2D eigenvalue weighted by atomic mass is 9.93. The molecule has 0 aliphatic rings. The van der Waals surface area contributed by atoms with E-state index in [1.54, 1.807) is 19.2 Å². The number of ether oxygens (including phenoxy) is 1. The molecule has 108 valence electrons. The van der Waals surface area contributed by atoms with E-state index in [0.29, 0.717) is 6.61 Å². The third kappa shape index (κ3) is 5.27. The van der Waals surface area contributed by atoms with Crippen LogP contribution in [0.3, 0.4) is 0 Å². The molecule has 2 atom stereocenters. The van der Waals surface area contributed by atoms with Gasteiger partial charge in [0, 0.05) is 19.8 Å². The molecule has 0 spiro atoms. The van der Waals surface area contributed by atoms with Crippen molar-refractivity contribution in [2.24, 2.45) is 5.92 Å². The molecule has 2 unspecified atom stereocenters. The Labute approximate surface area is 114 Å². The zero-order valence-electron chi connectivity index (χ0n) is 11.9. The molecule has 1 aromatic rings. The van der Waals surface area contributed by atoms with E-state index in [1.165, 1.54) is 12.1 Å². The zero-order valence-corrected chi connectivity index (χ0v) is 11.9. The largest absolute Gasteiger partial charge is 0.387 e. The molecule has 0 fully saturated rings. The van der Waals surface area contributed by atoms with Crippen LogP contribution in [0, 0.1) is 11.7 Å². The van der Waals surface area contributed by atoms with Crippen molar-refractivity contribution >= 4 is 0 Å². The highest BCUT2D eigenvalue weighted by Gasteiger charge is 2.23. The van der Waals surface area contributed by atoms with Crippen molar-refractivity contribution in [2.45, 2.75) is 32.4 Å². The maximum atomic E-state index is 12.9. The topological polar surface area (TPSA) is 41.5 Å². The van der Waals surface area contributed by atoms with Gasteiger partial charge < -0.3 is 15.2 Å². The normalized spacial score (nSPS) is 14.6. The Kier molecular flexibility index (Phi) is 6.99. The van der Waals surface area contributed by atoms with Crippen molar-refractivity contribution in [3.63, 3.8) is 0 Å². The first-order valence-electron chi connectivity index (χ1n) is 6.72. The Morgan fingerprint density at radius 2 is 1.89 bits per heavy atom. The molecule has 0 saturated carbocycles. The molecule has 0 amide bonds. The number of hydrogen-bond acceptors (Lipinski definition) is 3. The van der Waals surface area contributed by atoms with E-state index < -0.39 is 6.10 Å². The van der Waals surface area contributed by atoms with Gasteiger partial charge in [-0.1, -0.05) is 26.0 Å². The number of hydrogen-bond donors (Lipinski definition) is 2. The molecule has 0 bridgehead atoms. The van der Waals surface area contributed by atoms with Gasteiger partial charge in [0.1, 0.15) is 5.82 Å². The number of methoxy groups -OCH3 is 1. The Bertz CT molecular complexity index is 354. The Hall–Kier alpha value is -0.970. The van der Waals surface area contributed by atoms with E-state index in [1.807, 2.05) is 0 Å². The van der Waals surface area contributed by atoms with Crippen LogP contribution in [0.15, 0.2) is 24.3 Å². The van der Waals surface area contributed by atoms with Crippen LogP contribution in [-0.4, -0.2) is 31.4 Å². The first kappa shape index (κ1) is 16.1. The van der Waals surface area contributed by atoms with Crippen molar-refractivity contribution in [2.75, 3.05) is 20.3 Å². The highest BCUT2D eigenvalue weighted by molar-refractivity contribution is 5.20. The highest BCUT2D eigenvalue weighted by atomic mass is 19.1. The Morgan fingerprint density at radius 3 is 2.42 bits per heavy atom. The molecule has 19 heavy (non-hydrogen) atoms. The summed E-state index contributed by atoms with van der Waals surface area (Å²) in [5.41, 5.74) is 0.736. The number of nitrogens with one attached hydrogen (secondary N) is 1. The third-order valence-corrected chi connectivity index (χ3v) is 3.18. The van der Waals surface area contributed by atoms with Gasteiger partial charge in [0.25, 0.3) is 0 Å². The van der Waals surface area contributed by atoms with Crippen LogP contribution in [0.5, 0.6) is 0 Å². The number of aliphatic hydroxyl groups excluding tert-OH is 1. The van der Waals surface area contributed by atoms with Crippen LogP contribution in [0.25, 0.3) is 0 Å². The summed E-state index contributed by atoms with van der Waals surface area (Å²) in [6.45, 7) is 5.60. The monoisotopic (exact) mass is 269 g/mol. The number of benzene rings is 1. The van der Waals surface area contributed by atoms with E-state index in [-0.39, 0.29) is 17.8 Å². The molecule has 2 N–H and O–H groups in total. The van der Waals surface area contributed by atoms with E-state index in [2.05, 4.69) is 19.2 Å². The smallest absolute Gasteiger partial charge is 0.123 e. The van der Waals surface area contributed by atoms with Gasteiger partial charge >= 0.3 is 0 Å². The van der Waals surface area contributed by atoms with Crippen molar-refractivity contribution in [3.05, 3.63) is 35.6 Å². The first-order valence-corrected chi connectivity index (χ1v) is 6.72. The minimum absolute atomic E-state index is 0.0534. The summed E-state index contributed by atoms with van der Waals surface area (Å²) in [6.07, 6.45) is 0.263. The predicted octanol–water partition coefficient (Wildman–Crippen LogP) is 2.51. The molecule has 4 heteroatoms. The fraction of sp³-hybridized carbons (Fsp3) is 0.600. The molecule has 0 heterocycles. The van der Waals surface area contributed by atoms with Gasteiger partial charge in [-0.05, 0) is 36.6 Å². The molecule has 0 saturated heterocycles. The number of rotatable bonds is 8. The van der Waals surface area contributed by atoms with Crippen LogP contribution < -0.4 is 5.32 Å². The average molecular weight is 269 g/mol. The van der Waals surface area contributed by atoms with Gasteiger partial charge in [-0.15, -0.1) is 0 Å². The van der Waals surface area contributed by atoms with Gasteiger partial charge in [-0.25, -0.2) is 4.39 Å². The van der Waals surface area contributed by atoms with Gasteiger partial charge in [-0.2, -0.15) is 0 Å². The first-order chi connectivity index (χ1) is 9.06. The summed E-state index contributed by atoms with van der Waals surface area (Å²) in [7, 11) is 1.67. The third-order valence-electron chi connectivity index (χ3n) is 3.18. The van der Waals surface area contributed by atoms with Crippen molar-refractivity contribution in [3.8, 4) is 0 Å². The van der Waals surface area contributed by atoms with Gasteiger partial charge in [-0.3, -0.25) is 0 Å². The van der Waals surface area contributed by atoms with Crippen LogP contribution >= 0.6 is 0 Å². The van der Waals surface area contributed by atoms with E-state index in [0.717, 1.165) is 18.5 Å². The number of halogens is 1. The molecule has 0 radical (unpaired) electrons. The SMILES string of the molecule is COCCCNC(C(C)C)C(O)c1ccc(F)cc1. The maximum absolute atomic E-state index is 12.9. The van der Waals surface area contributed by atoms with Crippen molar-refractivity contribution in [1.29, 1.82) is 0 Å². The standard InChI is InChI=1S/C15H24FNO2/c1-11(2)14(17-9-4-10-19-3)15(18)12-5-7-13(16)8-6-12/h5-8,11,14-15,17-18H,4,9-10H2,1-3H3. The second kappa shape index (κ2) is 8.25. The lowest BCUT2D eigenvalue weighted by Gasteiger charge is -2.28. The minimum Gasteiger partial charge on any atom is -0.387 e. The van der Waals surface area contributed by atoms with Crippen molar-refractivity contribution in [1.82, 2.24) is 5.32 Å². The van der Waals surface area contributed by atoms with Gasteiger partial charge in [0.05, 0.1) is 6.10 Å². The van der Waals surface area contributed by atoms with Crippen LogP contribution in [0.4, 0.5) is 4.39 Å². The molecular formula is C15H24FNO2. The lowest BCUT2D eigenvalue weighted by molar-refractivity contribution is 0.103. The summed E-state index contributed by atoms with van der Waals surface area (Å²) in [6, 6.07) is 5.96. The highest BCUT2D eigenvalue weighted by Crippen LogP contribution is 2.22. The second-order valence-electron chi connectivity index (χ2n) is 5.07. The molecule has 1 rings (SSSR count). The van der Waals surface area contributed by atoms with Crippen molar-refractivity contribution < 1.29 is 14.2 Å². The fourth-order valence-electron chi connectivity index (χ4n) is 2.06. The summed E-state index contributed by atoms with van der Waals surface area (Å²) in [5.74, 6) is -0.00676. The Morgan fingerprint density at radius 1 is 1.26 bits per heavy atom. The summed E-state index contributed by atoms with van der Waals surface area (Å²) >= 11 is 0. The van der Waals surface area contributed by atoms with Gasteiger partial charge in [0.15, 0.2) is 0 Å². The molecule has 0 aliphatic carbocycles. The molecular weight excluding hydrogens is 245 g/mol. The van der Waals surface area contributed by atoms with E-state index >= 15 is 0 Å². The maximum Gasteiger partial charge on any atom is 0.123 e. The van der Waals surface area contributed by atoms with E-state index in [4.69, 9.17) is 4.74 Å². The van der Waals surface area contributed by atoms with Crippen LogP contribution in [0.2, 0.25) is 0 Å². The average Bonchev–Trinajstić information content (AvgIpc) is 2.38. The van der Waals surface area contributed by atoms with Gasteiger partial charge in [0.2, 0.25) is 0 Å². The summed E-state index contributed by atoms with van der Waals surface area (Å²) in [5, 5.41) is 13.7. The molecule has 0 aliphatic heterocycles. The van der Waals surface area contributed by atoms with E-state index in [9.17, 15) is 9.50 Å². The number of aliphatic hydroxyl groups is 1. The van der Waals surface area contributed by atoms with Crippen LogP contribution in [-0.2, 0) is 4.74 Å². The zero-order chi connectivity index (χ0) is 14.3. The summed E-state index contributed by atoms with van der Waals surface area (Å²) in [4.78, 5) is 0. The molecule has 3 nitrogen and oxygen atoms in total. The predicted molar refractivity (Wildman–Crippen MR) is 74.5 cm³/mol. The molecule has 0 aromatic heterocycles. The fourth-order valence-corrected chi connectivity index (χ4v) is 2.06.